The van der Waals surface area contributed by atoms with Crippen molar-refractivity contribution >= 4 is 22.6 Å². The summed E-state index contributed by atoms with van der Waals surface area (Å²) in [5.41, 5.74) is 1.42. The number of amides is 1. The van der Waals surface area contributed by atoms with Crippen molar-refractivity contribution in [2.24, 2.45) is 0 Å². The van der Waals surface area contributed by atoms with Crippen LogP contribution in [0.3, 0.4) is 0 Å². The van der Waals surface area contributed by atoms with Gasteiger partial charge in [0.05, 0.1) is 11.1 Å². The number of hydrogen-bond donors (Lipinski definition) is 2. The van der Waals surface area contributed by atoms with E-state index in [9.17, 15) is 4.79 Å². The van der Waals surface area contributed by atoms with Gasteiger partial charge in [0.1, 0.15) is 11.5 Å². The molecule has 2 aromatic heterocycles. The summed E-state index contributed by atoms with van der Waals surface area (Å²) in [5.74, 6) is 1.63. The molecule has 0 aliphatic rings. The Kier molecular flexibility index (Phi) is 2.59. The Labute approximate surface area is 109 Å². The zero-order valence-corrected chi connectivity index (χ0v) is 10.7. The number of fused-ring (bicyclic) bond motifs is 1. The van der Waals surface area contributed by atoms with Crippen LogP contribution in [0.25, 0.3) is 10.9 Å². The second-order valence-corrected chi connectivity index (χ2v) is 4.40. The van der Waals surface area contributed by atoms with Crippen LogP contribution < -0.4 is 5.32 Å². The largest absolute Gasteiger partial charge is 0.466 e. The summed E-state index contributed by atoms with van der Waals surface area (Å²) in [6.45, 7) is 3.58. The number of furan rings is 1. The summed E-state index contributed by atoms with van der Waals surface area (Å²) >= 11 is 0. The topological polar surface area (TPSA) is 70.9 Å². The molecular weight excluding hydrogens is 242 g/mol. The number of H-pyrrole nitrogens is 1. The van der Waals surface area contributed by atoms with Gasteiger partial charge in [0.2, 0.25) is 0 Å². The van der Waals surface area contributed by atoms with Crippen molar-refractivity contribution in [3.8, 4) is 0 Å². The first-order valence-corrected chi connectivity index (χ1v) is 5.96. The molecular formula is C14H13N3O2. The number of aromatic nitrogens is 2. The second kappa shape index (κ2) is 4.28. The number of carbonyl (C=O) groups excluding carboxylic acids is 1. The molecule has 2 heterocycles. The van der Waals surface area contributed by atoms with Crippen LogP contribution in [0.2, 0.25) is 0 Å². The Hall–Kier alpha value is -2.56. The van der Waals surface area contributed by atoms with Gasteiger partial charge in [0, 0.05) is 5.39 Å². The van der Waals surface area contributed by atoms with Gasteiger partial charge in [0.25, 0.3) is 5.91 Å². The van der Waals surface area contributed by atoms with Gasteiger partial charge in [-0.2, -0.15) is 5.10 Å². The number of hydrogen-bond acceptors (Lipinski definition) is 3. The lowest BCUT2D eigenvalue weighted by Crippen LogP contribution is -2.12. The zero-order valence-electron chi connectivity index (χ0n) is 10.7. The fourth-order valence-corrected chi connectivity index (χ4v) is 2.09. The third kappa shape index (κ3) is 1.99. The zero-order chi connectivity index (χ0) is 13.4. The minimum atomic E-state index is -0.216. The molecule has 0 radical (unpaired) electrons. The molecule has 19 heavy (non-hydrogen) atoms. The highest BCUT2D eigenvalue weighted by atomic mass is 16.3. The molecule has 0 fully saturated rings. The molecule has 0 unspecified atom stereocenters. The second-order valence-electron chi connectivity index (χ2n) is 4.40. The van der Waals surface area contributed by atoms with E-state index in [4.69, 9.17) is 4.42 Å². The number of anilines is 1. The van der Waals surface area contributed by atoms with Crippen LogP contribution >= 0.6 is 0 Å². The first-order chi connectivity index (χ1) is 9.15. The van der Waals surface area contributed by atoms with Crippen LogP contribution in [0, 0.1) is 13.8 Å². The molecule has 96 valence electrons. The molecule has 0 bridgehead atoms. The molecule has 5 nitrogen and oxygen atoms in total. The fourth-order valence-electron chi connectivity index (χ4n) is 2.09. The summed E-state index contributed by atoms with van der Waals surface area (Å²) in [6, 6.07) is 9.35. The van der Waals surface area contributed by atoms with E-state index in [1.165, 1.54) is 0 Å². The molecule has 2 N–H and O–H groups in total. The maximum absolute atomic E-state index is 12.2. The summed E-state index contributed by atoms with van der Waals surface area (Å²) < 4.78 is 5.35. The van der Waals surface area contributed by atoms with Crippen molar-refractivity contribution in [2.45, 2.75) is 13.8 Å². The van der Waals surface area contributed by atoms with Gasteiger partial charge in [-0.05, 0) is 32.0 Å². The minimum Gasteiger partial charge on any atom is -0.466 e. The Morgan fingerprint density at radius 3 is 2.84 bits per heavy atom. The van der Waals surface area contributed by atoms with Crippen LogP contribution in [0.5, 0.6) is 0 Å². The van der Waals surface area contributed by atoms with Gasteiger partial charge >= 0.3 is 0 Å². The Bertz CT molecular complexity index is 755. The molecule has 0 saturated carbocycles. The van der Waals surface area contributed by atoms with E-state index in [1.54, 1.807) is 13.0 Å². The number of aromatic amines is 1. The van der Waals surface area contributed by atoms with Crippen molar-refractivity contribution in [3.63, 3.8) is 0 Å². The molecule has 0 aliphatic carbocycles. The number of para-hydroxylation sites is 1. The first kappa shape index (κ1) is 11.5. The SMILES string of the molecule is Cc1cc(C(=O)Nc2n[nH]c3ccccc23)c(C)o1. The standard InChI is InChI=1S/C14H13N3O2/c1-8-7-11(9(2)19-8)14(18)15-13-10-5-3-4-6-12(10)16-17-13/h3-7H,1-2H3,(H2,15,16,17,18). The summed E-state index contributed by atoms with van der Waals surface area (Å²) in [6.07, 6.45) is 0. The van der Waals surface area contributed by atoms with E-state index in [2.05, 4.69) is 15.5 Å². The third-order valence-electron chi connectivity index (χ3n) is 2.99. The van der Waals surface area contributed by atoms with E-state index in [0.29, 0.717) is 17.1 Å². The predicted molar refractivity (Wildman–Crippen MR) is 72.2 cm³/mol. The molecule has 3 rings (SSSR count). The first-order valence-electron chi connectivity index (χ1n) is 5.96. The van der Waals surface area contributed by atoms with Crippen LogP contribution in [0.1, 0.15) is 21.9 Å². The monoisotopic (exact) mass is 255 g/mol. The van der Waals surface area contributed by atoms with Gasteiger partial charge in [0.15, 0.2) is 5.82 Å². The van der Waals surface area contributed by atoms with Gasteiger partial charge in [-0.15, -0.1) is 0 Å². The molecule has 1 aromatic carbocycles. The molecule has 3 aromatic rings. The average Bonchev–Trinajstić information content (AvgIpc) is 2.94. The summed E-state index contributed by atoms with van der Waals surface area (Å²) in [4.78, 5) is 12.2. The lowest BCUT2D eigenvalue weighted by atomic mass is 10.2. The summed E-state index contributed by atoms with van der Waals surface area (Å²) in [7, 11) is 0. The van der Waals surface area contributed by atoms with Crippen molar-refractivity contribution in [3.05, 3.63) is 47.4 Å². The van der Waals surface area contributed by atoms with Crippen molar-refractivity contribution < 1.29 is 9.21 Å². The smallest absolute Gasteiger partial charge is 0.260 e. The van der Waals surface area contributed by atoms with E-state index < -0.39 is 0 Å². The molecule has 0 spiro atoms. The van der Waals surface area contributed by atoms with Gasteiger partial charge in [-0.25, -0.2) is 0 Å². The van der Waals surface area contributed by atoms with E-state index in [1.807, 2.05) is 31.2 Å². The minimum absolute atomic E-state index is 0.216. The molecule has 0 saturated heterocycles. The van der Waals surface area contributed by atoms with E-state index >= 15 is 0 Å². The number of benzene rings is 1. The highest BCUT2D eigenvalue weighted by Crippen LogP contribution is 2.21. The Morgan fingerprint density at radius 1 is 1.32 bits per heavy atom. The van der Waals surface area contributed by atoms with Crippen molar-refractivity contribution in [1.82, 2.24) is 10.2 Å². The van der Waals surface area contributed by atoms with Crippen molar-refractivity contribution in [1.29, 1.82) is 0 Å². The Morgan fingerprint density at radius 2 is 2.11 bits per heavy atom. The van der Waals surface area contributed by atoms with Crippen LogP contribution in [0.4, 0.5) is 5.82 Å². The summed E-state index contributed by atoms with van der Waals surface area (Å²) in [5, 5.41) is 10.7. The van der Waals surface area contributed by atoms with Gasteiger partial charge in [-0.1, -0.05) is 12.1 Å². The molecule has 5 heteroatoms. The number of rotatable bonds is 2. The van der Waals surface area contributed by atoms with Gasteiger partial charge in [-0.3, -0.25) is 9.89 Å². The number of nitrogens with one attached hydrogen (secondary N) is 2. The third-order valence-corrected chi connectivity index (χ3v) is 2.99. The fraction of sp³-hybridized carbons (Fsp3) is 0.143. The maximum atomic E-state index is 12.2. The average molecular weight is 255 g/mol. The number of carbonyl (C=O) groups is 1. The van der Waals surface area contributed by atoms with Gasteiger partial charge < -0.3 is 9.73 Å². The molecule has 0 aliphatic heterocycles. The lowest BCUT2D eigenvalue weighted by Gasteiger charge is -2.00. The Balaban J connectivity index is 1.93. The highest BCUT2D eigenvalue weighted by molar-refractivity contribution is 6.08. The quantitative estimate of drug-likeness (QED) is 0.739. The number of nitrogens with zero attached hydrogens (tertiary/aromatic N) is 1. The van der Waals surface area contributed by atoms with E-state index in [0.717, 1.165) is 16.7 Å². The highest BCUT2D eigenvalue weighted by Gasteiger charge is 2.15. The van der Waals surface area contributed by atoms with Crippen LogP contribution in [-0.4, -0.2) is 16.1 Å². The lowest BCUT2D eigenvalue weighted by molar-refractivity contribution is 0.102. The van der Waals surface area contributed by atoms with Crippen LogP contribution in [0.15, 0.2) is 34.7 Å². The maximum Gasteiger partial charge on any atom is 0.260 e. The normalized spacial score (nSPS) is 10.8. The van der Waals surface area contributed by atoms with Crippen molar-refractivity contribution in [2.75, 3.05) is 5.32 Å². The van der Waals surface area contributed by atoms with E-state index in [-0.39, 0.29) is 5.91 Å². The number of aryl methyl sites for hydroxylation is 2. The van der Waals surface area contributed by atoms with Crippen LogP contribution in [-0.2, 0) is 0 Å². The molecule has 1 amide bonds. The predicted octanol–water partition coefficient (Wildman–Crippen LogP) is 3.03. The molecule has 0 atom stereocenters.